The van der Waals surface area contributed by atoms with Gasteiger partial charge < -0.3 is 14.4 Å². The number of carboxylic acid groups (broad SMARTS) is 1. The Hall–Kier alpha value is -2.15. The minimum atomic E-state index is -1.31. The van der Waals surface area contributed by atoms with Crippen molar-refractivity contribution in [3.05, 3.63) is 29.0 Å². The second kappa shape index (κ2) is 5.33. The summed E-state index contributed by atoms with van der Waals surface area (Å²) in [6, 6.07) is 3.50. The SMILES string of the molecule is Cc1sc(-c2ccco2)nc1C(=O)N(C)C(C)(C)C(=O)O. The molecule has 0 aromatic carbocycles. The third-order valence-corrected chi connectivity index (χ3v) is 4.38. The second-order valence-corrected chi connectivity index (χ2v) is 6.33. The van der Waals surface area contributed by atoms with Crippen molar-refractivity contribution in [2.24, 2.45) is 0 Å². The van der Waals surface area contributed by atoms with Crippen molar-refractivity contribution in [3.8, 4) is 10.8 Å². The fourth-order valence-corrected chi connectivity index (χ4v) is 2.53. The number of carbonyl (C=O) groups is 2. The lowest BCUT2D eigenvalue weighted by Gasteiger charge is -2.31. The van der Waals surface area contributed by atoms with Gasteiger partial charge in [-0.2, -0.15) is 0 Å². The van der Waals surface area contributed by atoms with E-state index in [1.807, 2.05) is 0 Å². The van der Waals surface area contributed by atoms with Crippen molar-refractivity contribution in [2.45, 2.75) is 26.3 Å². The Labute approximate surface area is 126 Å². The number of furan rings is 1. The fraction of sp³-hybridized carbons (Fsp3) is 0.357. The van der Waals surface area contributed by atoms with Gasteiger partial charge in [-0.05, 0) is 32.9 Å². The summed E-state index contributed by atoms with van der Waals surface area (Å²) in [6.07, 6.45) is 1.53. The molecule has 0 aliphatic rings. The standard InChI is InChI=1S/C14H16N2O4S/c1-8-10(12(17)16(4)14(2,3)13(18)19)15-11(21-8)9-6-5-7-20-9/h5-7H,1-4H3,(H,18,19). The summed E-state index contributed by atoms with van der Waals surface area (Å²) in [6.45, 7) is 4.73. The molecule has 0 aliphatic carbocycles. The highest BCUT2D eigenvalue weighted by atomic mass is 32.1. The molecule has 0 radical (unpaired) electrons. The zero-order valence-electron chi connectivity index (χ0n) is 12.2. The number of carboxylic acids is 1. The van der Waals surface area contributed by atoms with Gasteiger partial charge in [-0.3, -0.25) is 4.79 Å². The number of hydrogen-bond donors (Lipinski definition) is 1. The summed E-state index contributed by atoms with van der Waals surface area (Å²) in [5, 5.41) is 9.80. The monoisotopic (exact) mass is 308 g/mol. The van der Waals surface area contributed by atoms with Gasteiger partial charge in [-0.15, -0.1) is 11.3 Å². The van der Waals surface area contributed by atoms with E-state index in [1.54, 1.807) is 19.1 Å². The first-order valence-corrected chi connectivity index (χ1v) is 7.09. The number of nitrogens with zero attached hydrogens (tertiary/aromatic N) is 2. The molecule has 1 N–H and O–H groups in total. The van der Waals surface area contributed by atoms with Crippen LogP contribution in [-0.4, -0.2) is 39.5 Å². The van der Waals surface area contributed by atoms with E-state index in [0.29, 0.717) is 10.8 Å². The van der Waals surface area contributed by atoms with Crippen LogP contribution in [0.3, 0.4) is 0 Å². The van der Waals surface area contributed by atoms with E-state index < -0.39 is 17.4 Å². The number of rotatable bonds is 4. The van der Waals surface area contributed by atoms with Crippen molar-refractivity contribution in [1.29, 1.82) is 0 Å². The van der Waals surface area contributed by atoms with Gasteiger partial charge in [0.1, 0.15) is 11.2 Å². The maximum atomic E-state index is 12.5. The van der Waals surface area contributed by atoms with Gasteiger partial charge in [0.05, 0.1) is 6.26 Å². The molecule has 21 heavy (non-hydrogen) atoms. The topological polar surface area (TPSA) is 83.6 Å². The van der Waals surface area contributed by atoms with E-state index in [0.717, 1.165) is 4.88 Å². The van der Waals surface area contributed by atoms with Gasteiger partial charge in [0.2, 0.25) is 0 Å². The minimum Gasteiger partial charge on any atom is -0.480 e. The Morgan fingerprint density at radius 1 is 1.43 bits per heavy atom. The first kappa shape index (κ1) is 15.2. The van der Waals surface area contributed by atoms with Crippen LogP contribution in [0.25, 0.3) is 10.8 Å². The van der Waals surface area contributed by atoms with Crippen LogP contribution >= 0.6 is 11.3 Å². The van der Waals surface area contributed by atoms with Crippen LogP contribution in [0.1, 0.15) is 29.2 Å². The molecule has 6 nitrogen and oxygen atoms in total. The molecule has 7 heteroatoms. The van der Waals surface area contributed by atoms with Crippen molar-refractivity contribution in [1.82, 2.24) is 9.88 Å². The van der Waals surface area contributed by atoms with E-state index >= 15 is 0 Å². The predicted molar refractivity (Wildman–Crippen MR) is 78.4 cm³/mol. The molecule has 0 atom stereocenters. The van der Waals surface area contributed by atoms with Crippen LogP contribution in [0, 0.1) is 6.92 Å². The highest BCUT2D eigenvalue weighted by molar-refractivity contribution is 7.15. The molecule has 2 heterocycles. The number of aliphatic carboxylic acids is 1. The summed E-state index contributed by atoms with van der Waals surface area (Å²) in [5.74, 6) is -0.909. The fourth-order valence-electron chi connectivity index (χ4n) is 1.66. The largest absolute Gasteiger partial charge is 0.480 e. The van der Waals surface area contributed by atoms with E-state index in [9.17, 15) is 14.7 Å². The molecule has 2 rings (SSSR count). The van der Waals surface area contributed by atoms with E-state index in [4.69, 9.17) is 4.42 Å². The van der Waals surface area contributed by atoms with Gasteiger partial charge in [-0.1, -0.05) is 0 Å². The number of carbonyl (C=O) groups excluding carboxylic acids is 1. The predicted octanol–water partition coefficient (Wildman–Crippen LogP) is 2.65. The van der Waals surface area contributed by atoms with Crippen LogP contribution < -0.4 is 0 Å². The second-order valence-electron chi connectivity index (χ2n) is 5.13. The smallest absolute Gasteiger partial charge is 0.329 e. The molecule has 0 unspecified atom stereocenters. The molecule has 0 saturated heterocycles. The van der Waals surface area contributed by atoms with E-state index in [2.05, 4.69) is 4.98 Å². The van der Waals surface area contributed by atoms with Crippen molar-refractivity contribution < 1.29 is 19.1 Å². The Bertz CT molecular complexity index is 673. The molecule has 0 aliphatic heterocycles. The molecule has 2 aromatic heterocycles. The van der Waals surface area contributed by atoms with Gasteiger partial charge >= 0.3 is 5.97 Å². The number of likely N-dealkylation sites (N-methyl/N-ethyl adjacent to an activating group) is 1. The highest BCUT2D eigenvalue weighted by Gasteiger charge is 2.37. The summed E-state index contributed by atoms with van der Waals surface area (Å²) >= 11 is 1.34. The number of aromatic nitrogens is 1. The average Bonchev–Trinajstić information content (AvgIpc) is 3.05. The molecule has 0 fully saturated rings. The van der Waals surface area contributed by atoms with Crippen LogP contribution in [0.15, 0.2) is 22.8 Å². The molecule has 1 amide bonds. The third kappa shape index (κ3) is 2.69. The normalized spacial score (nSPS) is 11.4. The first-order valence-electron chi connectivity index (χ1n) is 6.28. The molecular weight excluding hydrogens is 292 g/mol. The van der Waals surface area contributed by atoms with Gasteiger partial charge in [0, 0.05) is 11.9 Å². The Balaban J connectivity index is 2.34. The van der Waals surface area contributed by atoms with Gasteiger partial charge in [-0.25, -0.2) is 9.78 Å². The van der Waals surface area contributed by atoms with Crippen molar-refractivity contribution >= 4 is 23.2 Å². The molecular formula is C14H16N2O4S. The number of aryl methyl sites for hydroxylation is 1. The third-order valence-electron chi connectivity index (χ3n) is 3.40. The van der Waals surface area contributed by atoms with Crippen molar-refractivity contribution in [2.75, 3.05) is 7.05 Å². The Morgan fingerprint density at radius 3 is 2.62 bits per heavy atom. The van der Waals surface area contributed by atoms with Gasteiger partial charge in [0.15, 0.2) is 10.8 Å². The quantitative estimate of drug-likeness (QED) is 0.938. The lowest BCUT2D eigenvalue weighted by atomic mass is 10.0. The maximum absolute atomic E-state index is 12.5. The zero-order chi connectivity index (χ0) is 15.8. The highest BCUT2D eigenvalue weighted by Crippen LogP contribution is 2.29. The number of amides is 1. The molecule has 0 saturated carbocycles. The Kier molecular flexibility index (Phi) is 3.87. The van der Waals surface area contributed by atoms with E-state index in [-0.39, 0.29) is 5.69 Å². The molecule has 0 spiro atoms. The van der Waals surface area contributed by atoms with Gasteiger partial charge in [0.25, 0.3) is 5.91 Å². The minimum absolute atomic E-state index is 0.253. The summed E-state index contributed by atoms with van der Waals surface area (Å²) < 4.78 is 5.26. The number of thiazole rings is 1. The molecule has 0 bridgehead atoms. The maximum Gasteiger partial charge on any atom is 0.329 e. The van der Waals surface area contributed by atoms with Crippen LogP contribution in [0.2, 0.25) is 0 Å². The average molecular weight is 308 g/mol. The zero-order valence-corrected chi connectivity index (χ0v) is 13.0. The summed E-state index contributed by atoms with van der Waals surface area (Å²) in [5.41, 5.74) is -1.05. The number of hydrogen-bond acceptors (Lipinski definition) is 5. The van der Waals surface area contributed by atoms with Crippen molar-refractivity contribution in [3.63, 3.8) is 0 Å². The lowest BCUT2D eigenvalue weighted by molar-refractivity contribution is -0.147. The van der Waals surface area contributed by atoms with E-state index in [1.165, 1.54) is 43.4 Å². The van der Waals surface area contributed by atoms with Crippen LogP contribution in [-0.2, 0) is 4.79 Å². The van der Waals surface area contributed by atoms with Crippen LogP contribution in [0.5, 0.6) is 0 Å². The summed E-state index contributed by atoms with van der Waals surface area (Å²) in [7, 11) is 1.46. The molecule has 2 aromatic rings. The lowest BCUT2D eigenvalue weighted by Crippen LogP contribution is -2.51. The van der Waals surface area contributed by atoms with Crippen LogP contribution in [0.4, 0.5) is 0 Å². The first-order chi connectivity index (χ1) is 9.75. The summed E-state index contributed by atoms with van der Waals surface area (Å²) in [4.78, 5) is 29.9. The Morgan fingerprint density at radius 2 is 2.10 bits per heavy atom. The molecule has 112 valence electrons.